The summed E-state index contributed by atoms with van der Waals surface area (Å²) in [6.45, 7) is 0.0933. The zero-order valence-electron chi connectivity index (χ0n) is 12.0. The highest BCUT2D eigenvalue weighted by Gasteiger charge is 2.35. The molecule has 3 aromatic rings. The van der Waals surface area contributed by atoms with Gasteiger partial charge in [0.1, 0.15) is 11.5 Å². The van der Waals surface area contributed by atoms with E-state index in [2.05, 4.69) is 15.3 Å². The van der Waals surface area contributed by atoms with E-state index in [1.54, 1.807) is 0 Å². The lowest BCUT2D eigenvalue weighted by atomic mass is 9.91. The van der Waals surface area contributed by atoms with Crippen LogP contribution in [-0.4, -0.2) is 31.5 Å². The molecule has 0 N–H and O–H groups in total. The lowest BCUT2D eigenvalue weighted by Gasteiger charge is -2.14. The zero-order valence-corrected chi connectivity index (χ0v) is 12.8. The van der Waals surface area contributed by atoms with Crippen molar-refractivity contribution in [3.63, 3.8) is 0 Å². The first-order chi connectivity index (χ1) is 11.6. The molecule has 2 heterocycles. The van der Waals surface area contributed by atoms with Crippen LogP contribution < -0.4 is 0 Å². The molecule has 0 saturated heterocycles. The minimum Gasteiger partial charge on any atom is -0.287 e. The van der Waals surface area contributed by atoms with Crippen molar-refractivity contribution in [3.8, 4) is 0 Å². The molecule has 4 rings (SSSR count). The van der Waals surface area contributed by atoms with Crippen LogP contribution in [0.4, 0.5) is 4.39 Å². The summed E-state index contributed by atoms with van der Waals surface area (Å²) in [4.78, 5) is 29.0. The summed E-state index contributed by atoms with van der Waals surface area (Å²) in [7, 11) is 0. The molecular weight excluding hydrogens is 335 g/mol. The maximum atomic E-state index is 13.2. The van der Waals surface area contributed by atoms with E-state index in [9.17, 15) is 14.0 Å². The van der Waals surface area contributed by atoms with Crippen LogP contribution in [0.2, 0.25) is 5.02 Å². The van der Waals surface area contributed by atoms with Crippen LogP contribution >= 0.6 is 11.6 Å². The molecule has 0 bridgehead atoms. The number of carbonyl (C=O) groups is 2. The van der Waals surface area contributed by atoms with Crippen LogP contribution in [0.1, 0.15) is 37.7 Å². The topological polar surface area (TPSA) is 77.7 Å². The molecule has 0 spiro atoms. The molecule has 1 aromatic carbocycles. The number of rotatable bonds is 2. The molecule has 118 valence electrons. The molecule has 0 atom stereocenters. The molecule has 0 saturated carbocycles. The number of halogens is 2. The highest BCUT2D eigenvalue weighted by atomic mass is 35.5. The number of hydrogen-bond donors (Lipinski definition) is 0. The van der Waals surface area contributed by atoms with Crippen molar-refractivity contribution in [1.29, 1.82) is 0 Å². The molecule has 0 amide bonds. The van der Waals surface area contributed by atoms with Gasteiger partial charge in [0, 0.05) is 23.0 Å². The third-order valence-electron chi connectivity index (χ3n) is 3.81. The van der Waals surface area contributed by atoms with Crippen LogP contribution in [0.3, 0.4) is 0 Å². The Morgan fingerprint density at radius 3 is 2.75 bits per heavy atom. The number of carbonyl (C=O) groups excluding carboxylic acids is 2. The van der Waals surface area contributed by atoms with Crippen molar-refractivity contribution in [2.75, 3.05) is 0 Å². The Balaban J connectivity index is 1.80. The molecule has 0 fully saturated rings. The number of pyridine rings is 1. The van der Waals surface area contributed by atoms with Crippen LogP contribution in [0.15, 0.2) is 36.7 Å². The summed E-state index contributed by atoms with van der Waals surface area (Å²) >= 11 is 6.01. The zero-order chi connectivity index (χ0) is 16.8. The molecule has 0 radical (unpaired) electrons. The van der Waals surface area contributed by atoms with Crippen molar-refractivity contribution in [2.24, 2.45) is 0 Å². The SMILES string of the molecule is O=C1c2ccncc2C(=O)c2c1nnn2Cc1ccc(F)cc1Cl. The second-order valence-electron chi connectivity index (χ2n) is 5.26. The molecule has 8 heteroatoms. The van der Waals surface area contributed by atoms with E-state index in [0.29, 0.717) is 5.56 Å². The number of nitrogens with zero attached hydrogens (tertiary/aromatic N) is 4. The molecule has 0 aliphatic heterocycles. The predicted octanol–water partition coefficient (Wildman–Crippen LogP) is 2.29. The average molecular weight is 343 g/mol. The number of fused-ring (bicyclic) bond motifs is 2. The van der Waals surface area contributed by atoms with Crippen LogP contribution in [-0.2, 0) is 6.54 Å². The quantitative estimate of drug-likeness (QED) is 0.558. The Bertz CT molecular complexity index is 1020. The molecule has 2 aromatic heterocycles. The predicted molar refractivity (Wildman–Crippen MR) is 81.6 cm³/mol. The van der Waals surface area contributed by atoms with E-state index in [1.807, 2.05) is 0 Å². The molecule has 0 unspecified atom stereocenters. The highest BCUT2D eigenvalue weighted by molar-refractivity contribution is 6.31. The number of benzene rings is 1. The van der Waals surface area contributed by atoms with Gasteiger partial charge in [-0.05, 0) is 23.8 Å². The van der Waals surface area contributed by atoms with Crippen molar-refractivity contribution >= 4 is 23.2 Å². The Labute approximate surface area is 139 Å². The average Bonchev–Trinajstić information content (AvgIpc) is 2.99. The van der Waals surface area contributed by atoms with E-state index >= 15 is 0 Å². The van der Waals surface area contributed by atoms with Gasteiger partial charge in [-0.3, -0.25) is 14.6 Å². The van der Waals surface area contributed by atoms with E-state index in [4.69, 9.17) is 11.6 Å². The normalized spacial score (nSPS) is 12.9. The molecule has 1 aliphatic rings. The molecule has 24 heavy (non-hydrogen) atoms. The third-order valence-corrected chi connectivity index (χ3v) is 4.16. The first-order valence-corrected chi connectivity index (χ1v) is 7.35. The van der Waals surface area contributed by atoms with Gasteiger partial charge in [0.15, 0.2) is 5.69 Å². The summed E-state index contributed by atoms with van der Waals surface area (Å²) in [6.07, 6.45) is 2.79. The lowest BCUT2D eigenvalue weighted by Crippen LogP contribution is -2.24. The smallest absolute Gasteiger partial charge is 0.216 e. The molecule has 6 nitrogen and oxygen atoms in total. The van der Waals surface area contributed by atoms with Gasteiger partial charge in [-0.25, -0.2) is 9.07 Å². The first kappa shape index (κ1) is 14.6. The van der Waals surface area contributed by atoms with Crippen LogP contribution in [0, 0.1) is 5.82 Å². The number of hydrogen-bond acceptors (Lipinski definition) is 5. The monoisotopic (exact) mass is 342 g/mol. The van der Waals surface area contributed by atoms with Crippen molar-refractivity contribution in [3.05, 3.63) is 75.6 Å². The minimum atomic E-state index is -0.462. The molecular formula is C16H8ClFN4O2. The Morgan fingerprint density at radius 1 is 1.12 bits per heavy atom. The van der Waals surface area contributed by atoms with Gasteiger partial charge in [0.2, 0.25) is 11.6 Å². The largest absolute Gasteiger partial charge is 0.287 e. The van der Waals surface area contributed by atoms with Crippen LogP contribution in [0.25, 0.3) is 0 Å². The first-order valence-electron chi connectivity index (χ1n) is 6.97. The van der Waals surface area contributed by atoms with Crippen molar-refractivity contribution in [1.82, 2.24) is 20.0 Å². The number of ketones is 2. The van der Waals surface area contributed by atoms with E-state index in [1.165, 1.54) is 41.3 Å². The number of aromatic nitrogens is 4. The van der Waals surface area contributed by atoms with E-state index in [0.717, 1.165) is 0 Å². The van der Waals surface area contributed by atoms with Gasteiger partial charge in [-0.2, -0.15) is 0 Å². The Hall–Kier alpha value is -2.93. The minimum absolute atomic E-state index is 0.00284. The Morgan fingerprint density at radius 2 is 1.96 bits per heavy atom. The maximum Gasteiger partial charge on any atom is 0.216 e. The van der Waals surface area contributed by atoms with Crippen molar-refractivity contribution in [2.45, 2.75) is 6.54 Å². The van der Waals surface area contributed by atoms with Gasteiger partial charge in [0.05, 0.1) is 12.1 Å². The third kappa shape index (κ3) is 2.13. The fourth-order valence-electron chi connectivity index (χ4n) is 2.64. The van der Waals surface area contributed by atoms with Crippen LogP contribution in [0.5, 0.6) is 0 Å². The van der Waals surface area contributed by atoms with Gasteiger partial charge >= 0.3 is 0 Å². The summed E-state index contributed by atoms with van der Waals surface area (Å²) < 4.78 is 14.4. The second-order valence-corrected chi connectivity index (χ2v) is 5.67. The summed E-state index contributed by atoms with van der Waals surface area (Å²) in [5.41, 5.74) is 1.11. The van der Waals surface area contributed by atoms with Gasteiger partial charge < -0.3 is 0 Å². The van der Waals surface area contributed by atoms with Crippen molar-refractivity contribution < 1.29 is 14.0 Å². The van der Waals surface area contributed by atoms with Gasteiger partial charge in [0.25, 0.3) is 0 Å². The van der Waals surface area contributed by atoms with E-state index < -0.39 is 5.82 Å². The van der Waals surface area contributed by atoms with E-state index in [-0.39, 0.29) is 45.6 Å². The highest BCUT2D eigenvalue weighted by Crippen LogP contribution is 2.26. The fraction of sp³-hybridized carbons (Fsp3) is 0.0625. The standard InChI is InChI=1S/C16H8ClFN4O2/c17-12-5-9(18)2-1-8(12)7-22-14-13(20-21-22)15(23)10-3-4-19-6-11(10)16(14)24/h1-6H,7H2. The fourth-order valence-corrected chi connectivity index (χ4v) is 2.87. The second kappa shape index (κ2) is 5.31. The summed E-state index contributed by atoms with van der Waals surface area (Å²) in [6, 6.07) is 5.41. The summed E-state index contributed by atoms with van der Waals surface area (Å²) in [5, 5.41) is 7.93. The van der Waals surface area contributed by atoms with Gasteiger partial charge in [-0.15, -0.1) is 5.10 Å². The Kier molecular flexibility index (Phi) is 3.24. The van der Waals surface area contributed by atoms with Gasteiger partial charge in [-0.1, -0.05) is 22.9 Å². The maximum absolute atomic E-state index is 13.2. The summed E-state index contributed by atoms with van der Waals surface area (Å²) in [5.74, 6) is -1.22. The lowest BCUT2D eigenvalue weighted by molar-refractivity contribution is 0.0970. The molecule has 1 aliphatic carbocycles.